The Bertz CT molecular complexity index is 239. The van der Waals surface area contributed by atoms with Gasteiger partial charge in [0.2, 0.25) is 0 Å². The summed E-state index contributed by atoms with van der Waals surface area (Å²) in [5.74, 6) is 3.33. The van der Waals surface area contributed by atoms with E-state index in [9.17, 15) is 0 Å². The van der Waals surface area contributed by atoms with Crippen molar-refractivity contribution in [3.05, 3.63) is 0 Å². The van der Waals surface area contributed by atoms with E-state index in [1.54, 1.807) is 7.11 Å². The van der Waals surface area contributed by atoms with Crippen molar-refractivity contribution in [3.63, 3.8) is 0 Å². The fraction of sp³-hybridized carbons (Fsp3) is 0.857. The van der Waals surface area contributed by atoms with Gasteiger partial charge < -0.3 is 10.1 Å². The Labute approximate surface area is 106 Å². The molecule has 1 N–H and O–H groups in total. The molecular weight excluding hydrogens is 212 g/mol. The topological polar surface area (TPSA) is 24.5 Å². The Balaban J connectivity index is 2.31. The first-order chi connectivity index (χ1) is 8.17. The van der Waals surface area contributed by atoms with Crippen molar-refractivity contribution in [2.45, 2.75) is 38.8 Å². The molecular formula is C14H26N2O. The van der Waals surface area contributed by atoms with E-state index >= 15 is 0 Å². The Morgan fingerprint density at radius 1 is 1.41 bits per heavy atom. The van der Waals surface area contributed by atoms with Crippen molar-refractivity contribution in [1.29, 1.82) is 0 Å². The van der Waals surface area contributed by atoms with Crippen LogP contribution in [0.1, 0.15) is 26.7 Å². The summed E-state index contributed by atoms with van der Waals surface area (Å²) >= 11 is 0. The average molecular weight is 238 g/mol. The van der Waals surface area contributed by atoms with Gasteiger partial charge in [0.15, 0.2) is 0 Å². The average Bonchev–Trinajstić information content (AvgIpc) is 2.31. The highest BCUT2D eigenvalue weighted by Gasteiger charge is 2.22. The molecule has 1 rings (SSSR count). The minimum Gasteiger partial charge on any atom is -0.383 e. The first kappa shape index (κ1) is 14.5. The van der Waals surface area contributed by atoms with E-state index in [4.69, 9.17) is 11.2 Å². The van der Waals surface area contributed by atoms with Gasteiger partial charge in [-0.2, -0.15) is 0 Å². The van der Waals surface area contributed by atoms with Crippen molar-refractivity contribution in [2.24, 2.45) is 5.92 Å². The second-order valence-corrected chi connectivity index (χ2v) is 5.23. The fourth-order valence-corrected chi connectivity index (χ4v) is 2.30. The molecule has 0 aromatic carbocycles. The smallest absolute Gasteiger partial charge is 0.0618 e. The predicted molar refractivity (Wildman–Crippen MR) is 71.9 cm³/mol. The molecule has 1 heterocycles. The molecule has 1 aliphatic heterocycles. The Morgan fingerprint density at radius 3 is 2.53 bits per heavy atom. The van der Waals surface area contributed by atoms with Crippen LogP contribution in [0.4, 0.5) is 0 Å². The summed E-state index contributed by atoms with van der Waals surface area (Å²) in [7, 11) is 1.77. The van der Waals surface area contributed by atoms with Crippen molar-refractivity contribution in [1.82, 2.24) is 10.2 Å². The predicted octanol–water partition coefficient (Wildman–Crippen LogP) is 1.34. The van der Waals surface area contributed by atoms with Crippen LogP contribution in [-0.4, -0.2) is 50.3 Å². The SMILES string of the molecule is C#CCN1CCC(NC(COC)C(C)C)CC1. The van der Waals surface area contributed by atoms with E-state index in [0.717, 1.165) is 26.2 Å². The van der Waals surface area contributed by atoms with Crippen LogP contribution in [0.25, 0.3) is 0 Å². The second kappa shape index (κ2) is 7.71. The maximum atomic E-state index is 5.33. The third-order valence-electron chi connectivity index (χ3n) is 3.50. The van der Waals surface area contributed by atoms with Crippen LogP contribution in [0.3, 0.4) is 0 Å². The number of methoxy groups -OCH3 is 1. The molecule has 0 aliphatic carbocycles. The lowest BCUT2D eigenvalue weighted by Crippen LogP contribution is -2.49. The minimum atomic E-state index is 0.462. The number of nitrogens with one attached hydrogen (secondary N) is 1. The van der Waals surface area contributed by atoms with Crippen LogP contribution in [0.5, 0.6) is 0 Å². The lowest BCUT2D eigenvalue weighted by atomic mass is 9.99. The summed E-state index contributed by atoms with van der Waals surface area (Å²) in [6.07, 6.45) is 7.71. The van der Waals surface area contributed by atoms with Crippen LogP contribution in [-0.2, 0) is 4.74 Å². The molecule has 1 saturated heterocycles. The summed E-state index contributed by atoms with van der Waals surface area (Å²) in [5.41, 5.74) is 0. The van der Waals surface area contributed by atoms with Crippen LogP contribution >= 0.6 is 0 Å². The van der Waals surface area contributed by atoms with Crippen LogP contribution in [0.15, 0.2) is 0 Å². The normalized spacial score (nSPS) is 20.4. The highest BCUT2D eigenvalue weighted by molar-refractivity contribution is 4.91. The number of ether oxygens (including phenoxy) is 1. The number of likely N-dealkylation sites (tertiary alicyclic amines) is 1. The third kappa shape index (κ3) is 5.08. The molecule has 98 valence electrons. The number of nitrogens with zero attached hydrogens (tertiary/aromatic N) is 1. The molecule has 0 saturated carbocycles. The number of piperidine rings is 1. The van der Waals surface area contributed by atoms with Crippen molar-refractivity contribution < 1.29 is 4.74 Å². The second-order valence-electron chi connectivity index (χ2n) is 5.23. The molecule has 0 spiro atoms. The first-order valence-electron chi connectivity index (χ1n) is 6.58. The van der Waals surface area contributed by atoms with E-state index in [2.05, 4.69) is 30.0 Å². The zero-order chi connectivity index (χ0) is 12.7. The molecule has 3 heteroatoms. The molecule has 0 bridgehead atoms. The third-order valence-corrected chi connectivity index (χ3v) is 3.50. The van der Waals surface area contributed by atoms with Gasteiger partial charge in [0, 0.05) is 32.3 Å². The van der Waals surface area contributed by atoms with Gasteiger partial charge in [-0.15, -0.1) is 6.42 Å². The molecule has 17 heavy (non-hydrogen) atoms. The van der Waals surface area contributed by atoms with Gasteiger partial charge in [-0.3, -0.25) is 4.90 Å². The van der Waals surface area contributed by atoms with Gasteiger partial charge in [0.05, 0.1) is 13.2 Å². The van der Waals surface area contributed by atoms with Gasteiger partial charge in [-0.25, -0.2) is 0 Å². The molecule has 0 aromatic heterocycles. The molecule has 0 radical (unpaired) electrons. The molecule has 1 fully saturated rings. The Kier molecular flexibility index (Phi) is 6.57. The van der Waals surface area contributed by atoms with Crippen molar-refractivity contribution in [3.8, 4) is 12.3 Å². The monoisotopic (exact) mass is 238 g/mol. The minimum absolute atomic E-state index is 0.462. The molecule has 3 nitrogen and oxygen atoms in total. The molecule has 1 atom stereocenters. The van der Waals surface area contributed by atoms with Gasteiger partial charge >= 0.3 is 0 Å². The van der Waals surface area contributed by atoms with E-state index < -0.39 is 0 Å². The number of hydrogen-bond acceptors (Lipinski definition) is 3. The fourth-order valence-electron chi connectivity index (χ4n) is 2.30. The lowest BCUT2D eigenvalue weighted by molar-refractivity contribution is 0.126. The van der Waals surface area contributed by atoms with Crippen LogP contribution in [0.2, 0.25) is 0 Å². The summed E-state index contributed by atoms with van der Waals surface area (Å²) in [5, 5.41) is 3.72. The van der Waals surface area contributed by atoms with Gasteiger partial charge in [0.25, 0.3) is 0 Å². The highest BCUT2D eigenvalue weighted by Crippen LogP contribution is 2.12. The standard InChI is InChI=1S/C14H26N2O/c1-5-8-16-9-6-13(7-10-16)15-14(11-17-4)12(2)3/h1,12-15H,6-11H2,2-4H3. The van der Waals surface area contributed by atoms with Gasteiger partial charge in [-0.1, -0.05) is 19.8 Å². The van der Waals surface area contributed by atoms with E-state index in [0.29, 0.717) is 18.0 Å². The summed E-state index contributed by atoms with van der Waals surface area (Å²) < 4.78 is 5.27. The number of rotatable bonds is 6. The Morgan fingerprint density at radius 2 is 2.06 bits per heavy atom. The number of terminal acetylenes is 1. The Hall–Kier alpha value is -0.560. The lowest BCUT2D eigenvalue weighted by Gasteiger charge is -2.34. The van der Waals surface area contributed by atoms with Gasteiger partial charge in [-0.05, 0) is 18.8 Å². The van der Waals surface area contributed by atoms with Crippen molar-refractivity contribution >= 4 is 0 Å². The van der Waals surface area contributed by atoms with Crippen molar-refractivity contribution in [2.75, 3.05) is 33.4 Å². The summed E-state index contributed by atoms with van der Waals surface area (Å²) in [6.45, 7) is 8.29. The van der Waals surface area contributed by atoms with Crippen LogP contribution < -0.4 is 5.32 Å². The van der Waals surface area contributed by atoms with E-state index in [1.807, 2.05) is 0 Å². The molecule has 1 aliphatic rings. The number of hydrogen-bond donors (Lipinski definition) is 1. The highest BCUT2D eigenvalue weighted by atomic mass is 16.5. The van der Waals surface area contributed by atoms with Crippen LogP contribution in [0, 0.1) is 18.3 Å². The quantitative estimate of drug-likeness (QED) is 0.707. The van der Waals surface area contributed by atoms with Gasteiger partial charge in [0.1, 0.15) is 0 Å². The van der Waals surface area contributed by atoms with E-state index in [-0.39, 0.29) is 0 Å². The zero-order valence-corrected chi connectivity index (χ0v) is 11.4. The maximum absolute atomic E-state index is 5.33. The first-order valence-corrected chi connectivity index (χ1v) is 6.58. The van der Waals surface area contributed by atoms with E-state index in [1.165, 1.54) is 12.8 Å². The molecule has 1 unspecified atom stereocenters. The maximum Gasteiger partial charge on any atom is 0.0618 e. The molecule has 0 amide bonds. The summed E-state index contributed by atoms with van der Waals surface area (Å²) in [4.78, 5) is 2.35. The zero-order valence-electron chi connectivity index (χ0n) is 11.4. The summed E-state index contributed by atoms with van der Waals surface area (Å²) in [6, 6.07) is 1.08. The molecule has 0 aromatic rings. The largest absolute Gasteiger partial charge is 0.383 e.